The highest BCUT2D eigenvalue weighted by Crippen LogP contribution is 2.25. The summed E-state index contributed by atoms with van der Waals surface area (Å²) in [6.45, 7) is 5.79. The molecule has 30 heavy (non-hydrogen) atoms. The van der Waals surface area contributed by atoms with Crippen LogP contribution in [-0.4, -0.2) is 53.7 Å². The smallest absolute Gasteiger partial charge is 0.261 e. The molecule has 0 radical (unpaired) electrons. The maximum absolute atomic E-state index is 12.8. The van der Waals surface area contributed by atoms with Crippen LogP contribution in [0.5, 0.6) is 0 Å². The Kier molecular flexibility index (Phi) is 6.90. The Labute approximate surface area is 182 Å². The van der Waals surface area contributed by atoms with Crippen molar-refractivity contribution in [3.63, 3.8) is 0 Å². The Balaban J connectivity index is 0.00000256. The molecule has 0 atom stereocenters. The van der Waals surface area contributed by atoms with E-state index in [4.69, 9.17) is 0 Å². The first-order valence-electron chi connectivity index (χ1n) is 10.1. The van der Waals surface area contributed by atoms with E-state index in [1.807, 2.05) is 31.2 Å². The highest BCUT2D eigenvalue weighted by molar-refractivity contribution is 6.22. The van der Waals surface area contributed by atoms with Gasteiger partial charge in [-0.25, -0.2) is 0 Å². The van der Waals surface area contributed by atoms with E-state index in [9.17, 15) is 14.4 Å². The lowest BCUT2D eigenvalue weighted by Crippen LogP contribution is -2.33. The second kappa shape index (κ2) is 9.41. The van der Waals surface area contributed by atoms with Gasteiger partial charge in [0.15, 0.2) is 0 Å². The summed E-state index contributed by atoms with van der Waals surface area (Å²) in [7, 11) is 0. The van der Waals surface area contributed by atoms with Crippen molar-refractivity contribution in [3.05, 3.63) is 70.3 Å². The van der Waals surface area contributed by atoms with Crippen LogP contribution in [0, 0.1) is 6.92 Å². The number of nitrogens with zero attached hydrogens (tertiary/aromatic N) is 2. The van der Waals surface area contributed by atoms with Crippen LogP contribution in [-0.2, 0) is 6.54 Å². The van der Waals surface area contributed by atoms with Gasteiger partial charge in [0.05, 0.1) is 17.7 Å². The maximum atomic E-state index is 12.8. The number of carbonyl (C=O) groups is 3. The van der Waals surface area contributed by atoms with Crippen LogP contribution in [0.4, 0.5) is 0 Å². The highest BCUT2D eigenvalue weighted by atomic mass is 35.5. The van der Waals surface area contributed by atoms with Gasteiger partial charge in [-0.05, 0) is 56.6 Å². The van der Waals surface area contributed by atoms with Gasteiger partial charge in [0.2, 0.25) is 0 Å². The SMILES string of the molecule is Cc1ccc(CN2C(=O)c3ccc(C(=O)NCCN4CCCC4)cc3C2=O)cc1.Cl. The molecule has 2 aromatic rings. The quantitative estimate of drug-likeness (QED) is 0.719. The van der Waals surface area contributed by atoms with E-state index in [0.717, 1.165) is 30.8 Å². The second-order valence-corrected chi connectivity index (χ2v) is 7.75. The van der Waals surface area contributed by atoms with Gasteiger partial charge in [-0.2, -0.15) is 0 Å². The van der Waals surface area contributed by atoms with E-state index < -0.39 is 0 Å². The van der Waals surface area contributed by atoms with Gasteiger partial charge >= 0.3 is 0 Å². The fraction of sp³-hybridized carbons (Fsp3) is 0.348. The van der Waals surface area contributed by atoms with Crippen LogP contribution in [0.25, 0.3) is 0 Å². The number of hydrogen-bond donors (Lipinski definition) is 1. The van der Waals surface area contributed by atoms with Crippen molar-refractivity contribution in [1.82, 2.24) is 15.1 Å². The standard InChI is InChI=1S/C23H25N3O3.ClH/c1-16-4-6-17(7-5-16)15-26-22(28)19-9-8-18(14-20(19)23(26)29)21(27)24-10-13-25-11-2-3-12-25;/h4-9,14H,2-3,10-13,15H2,1H3,(H,24,27);1H. The monoisotopic (exact) mass is 427 g/mol. The molecular weight excluding hydrogens is 402 g/mol. The Bertz CT molecular complexity index is 953. The minimum atomic E-state index is -0.350. The lowest BCUT2D eigenvalue weighted by Gasteiger charge is -2.14. The Morgan fingerprint density at radius 2 is 1.63 bits per heavy atom. The van der Waals surface area contributed by atoms with Crippen LogP contribution in [0.1, 0.15) is 55.0 Å². The number of imide groups is 1. The number of halogens is 1. The molecule has 2 aliphatic heterocycles. The van der Waals surface area contributed by atoms with Crippen LogP contribution < -0.4 is 5.32 Å². The first-order chi connectivity index (χ1) is 14.0. The predicted molar refractivity (Wildman–Crippen MR) is 117 cm³/mol. The Morgan fingerprint density at radius 3 is 2.33 bits per heavy atom. The molecule has 1 N–H and O–H groups in total. The molecule has 0 unspecified atom stereocenters. The lowest BCUT2D eigenvalue weighted by atomic mass is 10.1. The topological polar surface area (TPSA) is 69.7 Å². The van der Waals surface area contributed by atoms with Gasteiger partial charge in [0.1, 0.15) is 0 Å². The third-order valence-electron chi connectivity index (χ3n) is 5.61. The number of benzene rings is 2. The number of rotatable bonds is 6. The number of nitrogens with one attached hydrogen (secondary N) is 1. The fourth-order valence-electron chi connectivity index (χ4n) is 3.89. The average molecular weight is 428 g/mol. The van der Waals surface area contributed by atoms with Crippen molar-refractivity contribution in [1.29, 1.82) is 0 Å². The number of likely N-dealkylation sites (tertiary alicyclic amines) is 1. The second-order valence-electron chi connectivity index (χ2n) is 7.75. The molecule has 2 heterocycles. The number of aryl methyl sites for hydroxylation is 1. The van der Waals surface area contributed by atoms with E-state index >= 15 is 0 Å². The molecule has 0 aliphatic carbocycles. The maximum Gasteiger partial charge on any atom is 0.261 e. The number of fused-ring (bicyclic) bond motifs is 1. The third-order valence-corrected chi connectivity index (χ3v) is 5.61. The molecule has 3 amide bonds. The molecule has 0 bridgehead atoms. The van der Waals surface area contributed by atoms with Crippen molar-refractivity contribution in [3.8, 4) is 0 Å². The van der Waals surface area contributed by atoms with Crippen LogP contribution in [0.3, 0.4) is 0 Å². The summed E-state index contributed by atoms with van der Waals surface area (Å²) in [4.78, 5) is 41.5. The first kappa shape index (κ1) is 22.0. The Hall–Kier alpha value is -2.70. The lowest BCUT2D eigenvalue weighted by molar-refractivity contribution is 0.0642. The molecule has 7 heteroatoms. The van der Waals surface area contributed by atoms with Gasteiger partial charge in [-0.1, -0.05) is 29.8 Å². The molecule has 1 saturated heterocycles. The van der Waals surface area contributed by atoms with Crippen molar-refractivity contribution in [2.75, 3.05) is 26.2 Å². The summed E-state index contributed by atoms with van der Waals surface area (Å²) in [5.74, 6) is -0.881. The largest absolute Gasteiger partial charge is 0.351 e. The third kappa shape index (κ3) is 4.55. The molecule has 2 aliphatic rings. The summed E-state index contributed by atoms with van der Waals surface area (Å²) in [5, 5.41) is 2.91. The molecule has 0 aromatic heterocycles. The van der Waals surface area contributed by atoms with E-state index in [2.05, 4.69) is 10.2 Å². The van der Waals surface area contributed by atoms with E-state index in [-0.39, 0.29) is 36.7 Å². The highest BCUT2D eigenvalue weighted by Gasteiger charge is 2.36. The minimum Gasteiger partial charge on any atom is -0.351 e. The first-order valence-corrected chi connectivity index (χ1v) is 10.1. The van der Waals surface area contributed by atoms with Gasteiger partial charge in [0.25, 0.3) is 17.7 Å². The molecule has 4 rings (SSSR count). The molecule has 2 aromatic carbocycles. The normalized spacial score (nSPS) is 15.8. The average Bonchev–Trinajstić information content (AvgIpc) is 3.32. The molecule has 1 fully saturated rings. The van der Waals surface area contributed by atoms with E-state index in [0.29, 0.717) is 23.2 Å². The van der Waals surface area contributed by atoms with Gasteiger partial charge in [-0.3, -0.25) is 19.3 Å². The van der Waals surface area contributed by atoms with Crippen molar-refractivity contribution in [2.45, 2.75) is 26.3 Å². The fourth-order valence-corrected chi connectivity index (χ4v) is 3.89. The molecule has 0 spiro atoms. The zero-order valence-electron chi connectivity index (χ0n) is 17.0. The van der Waals surface area contributed by atoms with Crippen LogP contribution in [0.15, 0.2) is 42.5 Å². The van der Waals surface area contributed by atoms with Gasteiger partial charge in [-0.15, -0.1) is 12.4 Å². The van der Waals surface area contributed by atoms with Crippen LogP contribution >= 0.6 is 12.4 Å². The summed E-state index contributed by atoms with van der Waals surface area (Å²) in [5.41, 5.74) is 3.08. The molecule has 0 saturated carbocycles. The summed E-state index contributed by atoms with van der Waals surface area (Å²) < 4.78 is 0. The summed E-state index contributed by atoms with van der Waals surface area (Å²) in [6.07, 6.45) is 2.43. The minimum absolute atomic E-state index is 0. The number of carbonyl (C=O) groups excluding carboxylic acids is 3. The van der Waals surface area contributed by atoms with E-state index in [1.54, 1.807) is 12.1 Å². The molecule has 6 nitrogen and oxygen atoms in total. The molecular formula is C23H26ClN3O3. The van der Waals surface area contributed by atoms with Gasteiger partial charge < -0.3 is 10.2 Å². The van der Waals surface area contributed by atoms with Crippen molar-refractivity contribution < 1.29 is 14.4 Å². The van der Waals surface area contributed by atoms with E-state index in [1.165, 1.54) is 23.8 Å². The van der Waals surface area contributed by atoms with Crippen molar-refractivity contribution >= 4 is 30.1 Å². The summed E-state index contributed by atoms with van der Waals surface area (Å²) in [6, 6.07) is 12.5. The zero-order chi connectivity index (χ0) is 20.4. The van der Waals surface area contributed by atoms with Gasteiger partial charge in [0, 0.05) is 18.7 Å². The molecule has 158 valence electrons. The predicted octanol–water partition coefficient (Wildman–Crippen LogP) is 3.04. The zero-order valence-corrected chi connectivity index (χ0v) is 17.8. The van der Waals surface area contributed by atoms with Crippen molar-refractivity contribution in [2.24, 2.45) is 0 Å². The Morgan fingerprint density at radius 1 is 0.967 bits per heavy atom. The summed E-state index contributed by atoms with van der Waals surface area (Å²) >= 11 is 0. The number of amides is 3. The number of hydrogen-bond acceptors (Lipinski definition) is 4. The van der Waals surface area contributed by atoms with Crippen LogP contribution in [0.2, 0.25) is 0 Å².